The lowest BCUT2D eigenvalue weighted by atomic mass is 9.96. The molecule has 0 aromatic heterocycles. The van der Waals surface area contributed by atoms with Crippen LogP contribution in [0, 0.1) is 12.7 Å². The fourth-order valence-electron chi connectivity index (χ4n) is 2.92. The molecule has 1 atom stereocenters. The van der Waals surface area contributed by atoms with Gasteiger partial charge in [0.2, 0.25) is 0 Å². The van der Waals surface area contributed by atoms with Gasteiger partial charge in [-0.2, -0.15) is 0 Å². The second-order valence-corrected chi connectivity index (χ2v) is 6.49. The lowest BCUT2D eigenvalue weighted by Crippen LogP contribution is -2.45. The van der Waals surface area contributed by atoms with Gasteiger partial charge >= 0.3 is 0 Å². The van der Waals surface area contributed by atoms with Crippen molar-refractivity contribution in [3.63, 3.8) is 0 Å². The van der Waals surface area contributed by atoms with Crippen LogP contribution in [0.4, 0.5) is 4.39 Å². The summed E-state index contributed by atoms with van der Waals surface area (Å²) in [5, 5.41) is 3.37. The largest absolute Gasteiger partial charge is 0.314 e. The van der Waals surface area contributed by atoms with Crippen LogP contribution < -0.4 is 5.32 Å². The Bertz CT molecular complexity index is 444. The zero-order valence-electron chi connectivity index (χ0n) is 12.4. The quantitative estimate of drug-likeness (QED) is 0.868. The summed E-state index contributed by atoms with van der Waals surface area (Å²) in [5.74, 6) is -0.0344. The molecule has 1 aliphatic rings. The van der Waals surface area contributed by atoms with E-state index in [4.69, 9.17) is 0 Å². The average Bonchev–Trinajstić information content (AvgIpc) is 2.45. The number of hydrogen-bond acceptors (Lipinski definition) is 2. The van der Waals surface area contributed by atoms with E-state index in [-0.39, 0.29) is 11.9 Å². The van der Waals surface area contributed by atoms with Gasteiger partial charge in [0.15, 0.2) is 0 Å². The second kappa shape index (κ2) is 7.53. The van der Waals surface area contributed by atoms with E-state index in [9.17, 15) is 4.39 Å². The molecule has 1 saturated heterocycles. The molecular formula is C16H24BrFN2. The first-order valence-corrected chi connectivity index (χ1v) is 8.33. The number of rotatable bonds is 5. The first-order chi connectivity index (χ1) is 9.63. The Morgan fingerprint density at radius 1 is 1.35 bits per heavy atom. The highest BCUT2D eigenvalue weighted by Crippen LogP contribution is 2.32. The molecule has 2 rings (SSSR count). The molecule has 1 fully saturated rings. The molecule has 1 aliphatic heterocycles. The first-order valence-electron chi connectivity index (χ1n) is 7.53. The third-order valence-corrected chi connectivity index (χ3v) is 4.49. The van der Waals surface area contributed by atoms with Crippen molar-refractivity contribution in [2.45, 2.75) is 39.2 Å². The molecule has 0 amide bonds. The molecule has 2 nitrogen and oxygen atoms in total. The standard InChI is InChI=1S/C16H24BrFN2/c1-3-4-5-15(20-8-6-19-7-9-20)14-11-13(17)10-12(2)16(14)18/h10-11,15,19H,3-9H2,1-2H3/t15-/m1/s1. The summed E-state index contributed by atoms with van der Waals surface area (Å²) in [5.41, 5.74) is 1.58. The van der Waals surface area contributed by atoms with Crippen molar-refractivity contribution in [1.82, 2.24) is 10.2 Å². The van der Waals surface area contributed by atoms with Crippen LogP contribution in [0.25, 0.3) is 0 Å². The minimum Gasteiger partial charge on any atom is -0.314 e. The van der Waals surface area contributed by atoms with Gasteiger partial charge in [0.05, 0.1) is 0 Å². The molecule has 1 N–H and O–H groups in total. The van der Waals surface area contributed by atoms with Gasteiger partial charge in [-0.25, -0.2) is 4.39 Å². The van der Waals surface area contributed by atoms with Crippen LogP contribution in [0.2, 0.25) is 0 Å². The minimum atomic E-state index is -0.0344. The number of unbranched alkanes of at least 4 members (excludes halogenated alkanes) is 1. The Morgan fingerprint density at radius 2 is 2.05 bits per heavy atom. The summed E-state index contributed by atoms with van der Waals surface area (Å²) in [4.78, 5) is 2.43. The molecule has 0 unspecified atom stereocenters. The molecule has 0 bridgehead atoms. The van der Waals surface area contributed by atoms with Crippen LogP contribution in [0.1, 0.15) is 43.4 Å². The highest BCUT2D eigenvalue weighted by Gasteiger charge is 2.25. The predicted octanol–water partition coefficient (Wildman–Crippen LogP) is 4.03. The van der Waals surface area contributed by atoms with Crippen molar-refractivity contribution >= 4 is 15.9 Å². The minimum absolute atomic E-state index is 0.0344. The van der Waals surface area contributed by atoms with Crippen molar-refractivity contribution in [3.05, 3.63) is 33.5 Å². The van der Waals surface area contributed by atoms with E-state index in [1.807, 2.05) is 19.1 Å². The molecule has 0 saturated carbocycles. The van der Waals surface area contributed by atoms with E-state index in [0.29, 0.717) is 0 Å². The van der Waals surface area contributed by atoms with Crippen molar-refractivity contribution in [2.24, 2.45) is 0 Å². The zero-order chi connectivity index (χ0) is 14.5. The Morgan fingerprint density at radius 3 is 2.70 bits per heavy atom. The van der Waals surface area contributed by atoms with Crippen molar-refractivity contribution in [1.29, 1.82) is 0 Å². The monoisotopic (exact) mass is 342 g/mol. The van der Waals surface area contributed by atoms with Gasteiger partial charge in [0.25, 0.3) is 0 Å². The highest BCUT2D eigenvalue weighted by atomic mass is 79.9. The predicted molar refractivity (Wildman–Crippen MR) is 85.5 cm³/mol. The number of nitrogens with zero attached hydrogens (tertiary/aromatic N) is 1. The smallest absolute Gasteiger partial charge is 0.130 e. The Balaban J connectivity index is 2.29. The lowest BCUT2D eigenvalue weighted by Gasteiger charge is -2.35. The fraction of sp³-hybridized carbons (Fsp3) is 0.625. The highest BCUT2D eigenvalue weighted by molar-refractivity contribution is 9.10. The summed E-state index contributed by atoms with van der Waals surface area (Å²) in [6.07, 6.45) is 3.32. The maximum atomic E-state index is 14.6. The van der Waals surface area contributed by atoms with Gasteiger partial charge in [-0.05, 0) is 31.0 Å². The molecule has 1 aromatic rings. The summed E-state index contributed by atoms with van der Waals surface area (Å²) < 4.78 is 15.5. The Kier molecular flexibility index (Phi) is 6.00. The van der Waals surface area contributed by atoms with Crippen LogP contribution >= 0.6 is 15.9 Å². The number of nitrogens with one attached hydrogen (secondary N) is 1. The number of hydrogen-bond donors (Lipinski definition) is 1. The number of aryl methyl sites for hydroxylation is 1. The fourth-order valence-corrected chi connectivity index (χ4v) is 3.51. The molecule has 0 radical (unpaired) electrons. The van der Waals surface area contributed by atoms with Crippen LogP contribution in [0.5, 0.6) is 0 Å². The van der Waals surface area contributed by atoms with Gasteiger partial charge in [-0.3, -0.25) is 4.90 Å². The summed E-state index contributed by atoms with van der Waals surface area (Å²) in [6.45, 7) is 8.03. The summed E-state index contributed by atoms with van der Waals surface area (Å²) in [7, 11) is 0. The number of halogens is 2. The van der Waals surface area contributed by atoms with Gasteiger partial charge in [0.1, 0.15) is 5.82 Å². The summed E-state index contributed by atoms with van der Waals surface area (Å²) in [6, 6.07) is 4.02. The lowest BCUT2D eigenvalue weighted by molar-refractivity contribution is 0.160. The van der Waals surface area contributed by atoms with Crippen molar-refractivity contribution in [3.8, 4) is 0 Å². The molecule has 20 heavy (non-hydrogen) atoms. The van der Waals surface area contributed by atoms with Crippen LogP contribution in [-0.2, 0) is 0 Å². The van der Waals surface area contributed by atoms with Crippen molar-refractivity contribution < 1.29 is 4.39 Å². The van der Waals surface area contributed by atoms with Gasteiger partial charge in [-0.1, -0.05) is 35.7 Å². The third-order valence-electron chi connectivity index (χ3n) is 4.03. The first kappa shape index (κ1) is 15.9. The molecule has 0 aliphatic carbocycles. The zero-order valence-corrected chi connectivity index (χ0v) is 14.0. The van der Waals surface area contributed by atoms with E-state index >= 15 is 0 Å². The molecule has 1 aromatic carbocycles. The third kappa shape index (κ3) is 3.80. The maximum Gasteiger partial charge on any atom is 0.130 e. The average molecular weight is 343 g/mol. The SMILES string of the molecule is CCCC[C@H](c1cc(Br)cc(C)c1F)N1CCNCC1. The van der Waals surface area contributed by atoms with Gasteiger partial charge in [-0.15, -0.1) is 0 Å². The molecule has 4 heteroatoms. The van der Waals surface area contributed by atoms with Gasteiger partial charge in [0, 0.05) is 42.3 Å². The topological polar surface area (TPSA) is 15.3 Å². The molecular weight excluding hydrogens is 319 g/mol. The maximum absolute atomic E-state index is 14.6. The molecule has 1 heterocycles. The normalized spacial score (nSPS) is 18.2. The van der Waals surface area contributed by atoms with E-state index in [1.54, 1.807) is 0 Å². The van der Waals surface area contributed by atoms with E-state index < -0.39 is 0 Å². The van der Waals surface area contributed by atoms with Gasteiger partial charge < -0.3 is 5.32 Å². The second-order valence-electron chi connectivity index (χ2n) is 5.57. The molecule has 0 spiro atoms. The number of piperazine rings is 1. The molecule has 112 valence electrons. The summed E-state index contributed by atoms with van der Waals surface area (Å²) >= 11 is 3.51. The van der Waals surface area contributed by atoms with Crippen LogP contribution in [0.3, 0.4) is 0 Å². The van der Waals surface area contributed by atoms with Crippen molar-refractivity contribution in [2.75, 3.05) is 26.2 Å². The van der Waals surface area contributed by atoms with Crippen LogP contribution in [0.15, 0.2) is 16.6 Å². The Labute approximate surface area is 129 Å². The Hall–Kier alpha value is -0.450. The van der Waals surface area contributed by atoms with E-state index in [1.165, 1.54) is 0 Å². The van der Waals surface area contributed by atoms with Crippen LogP contribution in [-0.4, -0.2) is 31.1 Å². The van der Waals surface area contributed by atoms with E-state index in [2.05, 4.69) is 33.1 Å². The van der Waals surface area contributed by atoms with E-state index in [0.717, 1.165) is 61.0 Å². The number of benzene rings is 1.